The van der Waals surface area contributed by atoms with Gasteiger partial charge >= 0.3 is 5.97 Å². The van der Waals surface area contributed by atoms with Crippen LogP contribution in [0.3, 0.4) is 0 Å². The van der Waals surface area contributed by atoms with Gasteiger partial charge in [0.15, 0.2) is 0 Å². The highest BCUT2D eigenvalue weighted by Crippen LogP contribution is 2.19. The zero-order chi connectivity index (χ0) is 20.6. The molecule has 0 saturated carbocycles. The molecule has 6 heteroatoms. The van der Waals surface area contributed by atoms with E-state index in [2.05, 4.69) is 10.3 Å². The van der Waals surface area contributed by atoms with Crippen LogP contribution in [-0.4, -0.2) is 35.4 Å². The van der Waals surface area contributed by atoms with E-state index in [-0.39, 0.29) is 11.9 Å². The molecule has 0 spiro atoms. The molecule has 2 aromatic carbocycles. The van der Waals surface area contributed by atoms with Crippen LogP contribution in [0.15, 0.2) is 73.1 Å². The van der Waals surface area contributed by atoms with Crippen molar-refractivity contribution in [3.05, 3.63) is 89.7 Å². The third-order valence-electron chi connectivity index (χ3n) is 4.28. The fourth-order valence-corrected chi connectivity index (χ4v) is 2.85. The number of amides is 1. The molecule has 3 aromatic rings. The molecule has 0 bridgehead atoms. The highest BCUT2D eigenvalue weighted by molar-refractivity contribution is 5.94. The molecule has 6 nitrogen and oxygen atoms in total. The summed E-state index contributed by atoms with van der Waals surface area (Å²) in [6.07, 6.45) is 3.20. The molecule has 0 aliphatic carbocycles. The average Bonchev–Trinajstić information content (AvgIpc) is 2.75. The van der Waals surface area contributed by atoms with Gasteiger partial charge in [-0.15, -0.1) is 0 Å². The first-order valence-electron chi connectivity index (χ1n) is 9.35. The number of aromatic nitrogens is 1. The van der Waals surface area contributed by atoms with Crippen LogP contribution in [0.5, 0.6) is 0 Å². The molecule has 0 unspecified atom stereocenters. The number of carbonyl (C=O) groups is 2. The van der Waals surface area contributed by atoms with Crippen molar-refractivity contribution in [1.82, 2.24) is 9.88 Å². The summed E-state index contributed by atoms with van der Waals surface area (Å²) in [4.78, 5) is 30.3. The first kappa shape index (κ1) is 20.1. The number of carbonyl (C=O) groups excluding carboxylic acids is 2. The molecule has 0 aliphatic rings. The number of nitrogens with one attached hydrogen (secondary N) is 1. The molecule has 0 aliphatic heterocycles. The SMILES string of the molecule is CCOC(=O)c1ccc(Nc2cncc(C(=O)N(C)Cc3ccccc3)c2)cc1. The maximum Gasteiger partial charge on any atom is 0.338 e. The molecule has 0 atom stereocenters. The molecule has 148 valence electrons. The van der Waals surface area contributed by atoms with E-state index >= 15 is 0 Å². The third-order valence-corrected chi connectivity index (χ3v) is 4.28. The minimum Gasteiger partial charge on any atom is -0.462 e. The molecule has 1 N–H and O–H groups in total. The summed E-state index contributed by atoms with van der Waals surface area (Å²) in [6.45, 7) is 2.63. The zero-order valence-corrected chi connectivity index (χ0v) is 16.5. The van der Waals surface area contributed by atoms with Crippen LogP contribution in [0.2, 0.25) is 0 Å². The molecule has 0 radical (unpaired) electrons. The lowest BCUT2D eigenvalue weighted by molar-refractivity contribution is 0.0526. The van der Waals surface area contributed by atoms with Crippen LogP contribution in [0, 0.1) is 0 Å². The van der Waals surface area contributed by atoms with E-state index in [4.69, 9.17) is 4.74 Å². The second-order valence-electron chi connectivity index (χ2n) is 6.53. The lowest BCUT2D eigenvalue weighted by Gasteiger charge is -2.17. The fraction of sp³-hybridized carbons (Fsp3) is 0.174. The number of nitrogens with zero attached hydrogens (tertiary/aromatic N) is 2. The Kier molecular flexibility index (Phi) is 6.58. The molecule has 29 heavy (non-hydrogen) atoms. The van der Waals surface area contributed by atoms with Crippen molar-refractivity contribution in [3.8, 4) is 0 Å². The maximum atomic E-state index is 12.7. The Morgan fingerprint density at radius 3 is 2.38 bits per heavy atom. The molecule has 0 saturated heterocycles. The normalized spacial score (nSPS) is 10.3. The fourth-order valence-electron chi connectivity index (χ4n) is 2.85. The topological polar surface area (TPSA) is 71.5 Å². The highest BCUT2D eigenvalue weighted by Gasteiger charge is 2.13. The molecule has 1 heterocycles. The van der Waals surface area contributed by atoms with Crippen molar-refractivity contribution in [2.24, 2.45) is 0 Å². The summed E-state index contributed by atoms with van der Waals surface area (Å²) >= 11 is 0. The molecule has 3 rings (SSSR count). The lowest BCUT2D eigenvalue weighted by atomic mass is 10.2. The number of rotatable bonds is 7. The van der Waals surface area contributed by atoms with Crippen LogP contribution in [-0.2, 0) is 11.3 Å². The first-order chi connectivity index (χ1) is 14.1. The summed E-state index contributed by atoms with van der Waals surface area (Å²) in [5.41, 5.74) is 3.51. The van der Waals surface area contributed by atoms with E-state index in [1.807, 2.05) is 30.3 Å². The molecule has 0 fully saturated rings. The van der Waals surface area contributed by atoms with E-state index in [0.29, 0.717) is 30.0 Å². The highest BCUT2D eigenvalue weighted by atomic mass is 16.5. The second-order valence-corrected chi connectivity index (χ2v) is 6.53. The van der Waals surface area contributed by atoms with Crippen LogP contribution in [0.25, 0.3) is 0 Å². The van der Waals surface area contributed by atoms with Gasteiger partial charge in [-0.2, -0.15) is 0 Å². The Morgan fingerprint density at radius 1 is 0.966 bits per heavy atom. The Balaban J connectivity index is 1.67. The first-order valence-corrected chi connectivity index (χ1v) is 9.35. The third kappa shape index (κ3) is 5.42. The van der Waals surface area contributed by atoms with Crippen molar-refractivity contribution >= 4 is 23.3 Å². The van der Waals surface area contributed by atoms with Gasteiger partial charge in [0.05, 0.1) is 29.6 Å². The number of benzene rings is 2. The standard InChI is InChI=1S/C23H23N3O3/c1-3-29-23(28)18-9-11-20(12-10-18)25-21-13-19(14-24-15-21)22(27)26(2)16-17-7-5-4-6-8-17/h4-15,25H,3,16H2,1-2H3. The monoisotopic (exact) mass is 389 g/mol. The van der Waals surface area contributed by atoms with E-state index in [0.717, 1.165) is 11.3 Å². The minimum absolute atomic E-state index is 0.109. The minimum atomic E-state index is -0.352. The van der Waals surface area contributed by atoms with Gasteiger partial charge in [-0.25, -0.2) is 4.79 Å². The molecule has 1 aromatic heterocycles. The Labute approximate surface area is 170 Å². The molecular formula is C23H23N3O3. The summed E-state index contributed by atoms with van der Waals surface area (Å²) < 4.78 is 4.98. The van der Waals surface area contributed by atoms with Crippen LogP contribution in [0.4, 0.5) is 11.4 Å². The smallest absolute Gasteiger partial charge is 0.338 e. The number of pyridine rings is 1. The summed E-state index contributed by atoms with van der Waals surface area (Å²) in [5.74, 6) is -0.461. The van der Waals surface area contributed by atoms with Gasteiger partial charge in [-0.3, -0.25) is 9.78 Å². The summed E-state index contributed by atoms with van der Waals surface area (Å²) in [5, 5.41) is 3.20. The number of anilines is 2. The predicted octanol–water partition coefficient (Wildman–Crippen LogP) is 4.27. The van der Waals surface area contributed by atoms with Crippen molar-refractivity contribution in [2.75, 3.05) is 19.0 Å². The van der Waals surface area contributed by atoms with Crippen molar-refractivity contribution in [1.29, 1.82) is 0 Å². The largest absolute Gasteiger partial charge is 0.462 e. The quantitative estimate of drug-likeness (QED) is 0.611. The maximum absolute atomic E-state index is 12.7. The molecular weight excluding hydrogens is 366 g/mol. The van der Waals surface area contributed by atoms with E-state index in [9.17, 15) is 9.59 Å². The van der Waals surface area contributed by atoms with Gasteiger partial charge in [0.1, 0.15) is 0 Å². The number of hydrogen-bond donors (Lipinski definition) is 1. The van der Waals surface area contributed by atoms with Crippen molar-refractivity contribution < 1.29 is 14.3 Å². The summed E-state index contributed by atoms with van der Waals surface area (Å²) in [6, 6.07) is 18.5. The number of hydrogen-bond acceptors (Lipinski definition) is 5. The zero-order valence-electron chi connectivity index (χ0n) is 16.5. The Bertz CT molecular complexity index is 972. The van der Waals surface area contributed by atoms with Gasteiger partial charge in [0.25, 0.3) is 5.91 Å². The average molecular weight is 389 g/mol. The van der Waals surface area contributed by atoms with Gasteiger partial charge in [-0.05, 0) is 42.8 Å². The van der Waals surface area contributed by atoms with E-state index < -0.39 is 0 Å². The number of esters is 1. The van der Waals surface area contributed by atoms with Crippen LogP contribution < -0.4 is 5.32 Å². The van der Waals surface area contributed by atoms with Crippen molar-refractivity contribution in [3.63, 3.8) is 0 Å². The van der Waals surface area contributed by atoms with E-state index in [1.54, 1.807) is 61.6 Å². The molecule has 1 amide bonds. The van der Waals surface area contributed by atoms with Crippen LogP contribution >= 0.6 is 0 Å². The van der Waals surface area contributed by atoms with Gasteiger partial charge < -0.3 is 15.0 Å². The van der Waals surface area contributed by atoms with Gasteiger partial charge in [0, 0.05) is 25.5 Å². The van der Waals surface area contributed by atoms with Gasteiger partial charge in [-0.1, -0.05) is 30.3 Å². The Hall–Kier alpha value is -3.67. The number of ether oxygens (including phenoxy) is 1. The van der Waals surface area contributed by atoms with Gasteiger partial charge in [0.2, 0.25) is 0 Å². The predicted molar refractivity (Wildman–Crippen MR) is 112 cm³/mol. The lowest BCUT2D eigenvalue weighted by Crippen LogP contribution is -2.26. The van der Waals surface area contributed by atoms with Crippen LogP contribution in [0.1, 0.15) is 33.2 Å². The Morgan fingerprint density at radius 2 is 1.69 bits per heavy atom. The van der Waals surface area contributed by atoms with Crippen molar-refractivity contribution in [2.45, 2.75) is 13.5 Å². The second kappa shape index (κ2) is 9.50. The summed E-state index contributed by atoms with van der Waals surface area (Å²) in [7, 11) is 1.77. The van der Waals surface area contributed by atoms with E-state index in [1.165, 1.54) is 0 Å².